The Morgan fingerprint density at radius 1 is 1.28 bits per heavy atom. The van der Waals surface area contributed by atoms with Gasteiger partial charge in [0.15, 0.2) is 5.69 Å². The van der Waals surface area contributed by atoms with Gasteiger partial charge in [0, 0.05) is 24.5 Å². The number of aromatic amines is 1. The molecule has 1 amide bonds. The Hall–Kier alpha value is -2.41. The molecular formula is C18H22N4O3. The molecular weight excluding hydrogens is 320 g/mol. The van der Waals surface area contributed by atoms with Crippen molar-refractivity contribution in [2.24, 2.45) is 5.41 Å². The molecule has 0 spiro atoms. The fourth-order valence-corrected chi connectivity index (χ4v) is 4.45. The summed E-state index contributed by atoms with van der Waals surface area (Å²) in [6.07, 6.45) is 2.06. The number of aliphatic carboxylic acids is 1. The second-order valence-electron chi connectivity index (χ2n) is 7.18. The summed E-state index contributed by atoms with van der Waals surface area (Å²) in [5.41, 5.74) is 0.506. The highest BCUT2D eigenvalue weighted by Gasteiger charge is 2.53. The quantitative estimate of drug-likeness (QED) is 0.865. The number of H-pyrrole nitrogens is 1. The fraction of sp³-hybridized carbons (Fsp3) is 0.500. The maximum Gasteiger partial charge on any atom is 0.311 e. The summed E-state index contributed by atoms with van der Waals surface area (Å²) in [6.45, 7) is 1.76. The van der Waals surface area contributed by atoms with E-state index >= 15 is 0 Å². The number of para-hydroxylation sites is 1. The highest BCUT2D eigenvalue weighted by Crippen LogP contribution is 2.42. The lowest BCUT2D eigenvalue weighted by atomic mass is 9.68. The van der Waals surface area contributed by atoms with Crippen molar-refractivity contribution in [3.05, 3.63) is 30.0 Å². The number of carbonyl (C=O) groups excluding carboxylic acids is 1. The van der Waals surface area contributed by atoms with Gasteiger partial charge in [0.1, 0.15) is 0 Å². The van der Waals surface area contributed by atoms with Crippen LogP contribution in [0.3, 0.4) is 0 Å². The minimum absolute atomic E-state index is 0.129. The van der Waals surface area contributed by atoms with Crippen LogP contribution in [0.2, 0.25) is 0 Å². The van der Waals surface area contributed by atoms with E-state index in [-0.39, 0.29) is 11.9 Å². The topological polar surface area (TPSA) is 89.5 Å². The Morgan fingerprint density at radius 2 is 2.08 bits per heavy atom. The minimum atomic E-state index is -0.739. The molecule has 0 saturated carbocycles. The van der Waals surface area contributed by atoms with Gasteiger partial charge in [-0.15, -0.1) is 0 Å². The van der Waals surface area contributed by atoms with Gasteiger partial charge in [-0.2, -0.15) is 5.10 Å². The van der Waals surface area contributed by atoms with Crippen LogP contribution in [0.25, 0.3) is 10.9 Å². The normalized spacial score (nSPS) is 27.2. The van der Waals surface area contributed by atoms with E-state index in [1.807, 2.05) is 31.3 Å². The Labute approximate surface area is 145 Å². The molecule has 1 aromatic heterocycles. The van der Waals surface area contributed by atoms with Crippen molar-refractivity contribution in [3.63, 3.8) is 0 Å². The van der Waals surface area contributed by atoms with Gasteiger partial charge in [-0.3, -0.25) is 14.7 Å². The van der Waals surface area contributed by atoms with Gasteiger partial charge in [-0.25, -0.2) is 0 Å². The number of fused-ring (bicyclic) bond motifs is 2. The number of aromatic nitrogens is 2. The van der Waals surface area contributed by atoms with E-state index in [1.54, 1.807) is 4.90 Å². The zero-order chi connectivity index (χ0) is 17.6. The van der Waals surface area contributed by atoms with E-state index in [1.165, 1.54) is 0 Å². The first kappa shape index (κ1) is 16.1. The van der Waals surface area contributed by atoms with Crippen molar-refractivity contribution in [1.29, 1.82) is 0 Å². The van der Waals surface area contributed by atoms with Crippen LogP contribution >= 0.6 is 0 Å². The van der Waals surface area contributed by atoms with Gasteiger partial charge >= 0.3 is 5.97 Å². The Bertz CT molecular complexity index is 833. The molecule has 0 bridgehead atoms. The predicted octanol–water partition coefficient (Wildman–Crippen LogP) is 1.57. The summed E-state index contributed by atoms with van der Waals surface area (Å²) in [4.78, 5) is 28.9. The van der Waals surface area contributed by atoms with Gasteiger partial charge in [0.25, 0.3) is 5.91 Å². The first-order valence-electron chi connectivity index (χ1n) is 8.69. The lowest BCUT2D eigenvalue weighted by molar-refractivity contribution is -0.161. The number of benzene rings is 1. The molecule has 2 saturated heterocycles. The number of carbonyl (C=O) groups is 2. The number of carboxylic acid groups (broad SMARTS) is 1. The second-order valence-corrected chi connectivity index (χ2v) is 7.18. The zero-order valence-corrected chi connectivity index (χ0v) is 14.2. The SMILES string of the molecule is CN1CCC[C@]2(C(=O)O)CCN(C(=O)c3n[nH]c4ccccc34)C[C@@H]12. The molecule has 2 aromatic rings. The monoisotopic (exact) mass is 342 g/mol. The van der Waals surface area contributed by atoms with E-state index in [0.29, 0.717) is 31.6 Å². The van der Waals surface area contributed by atoms with Crippen molar-refractivity contribution in [3.8, 4) is 0 Å². The third kappa shape index (κ3) is 2.41. The Kier molecular flexibility index (Phi) is 3.76. The molecule has 0 aliphatic carbocycles. The summed E-state index contributed by atoms with van der Waals surface area (Å²) in [7, 11) is 1.96. The minimum Gasteiger partial charge on any atom is -0.481 e. The lowest BCUT2D eigenvalue weighted by Gasteiger charge is -2.51. The molecule has 3 heterocycles. The molecule has 0 unspecified atom stereocenters. The maximum absolute atomic E-state index is 13.0. The highest BCUT2D eigenvalue weighted by molar-refractivity contribution is 6.04. The number of hydrogen-bond acceptors (Lipinski definition) is 4. The van der Waals surface area contributed by atoms with Gasteiger partial charge in [0.05, 0.1) is 10.9 Å². The molecule has 2 aliphatic heterocycles. The van der Waals surface area contributed by atoms with Crippen molar-refractivity contribution < 1.29 is 14.7 Å². The number of likely N-dealkylation sites (N-methyl/N-ethyl adjacent to an activating group) is 1. The molecule has 7 nitrogen and oxygen atoms in total. The third-order valence-electron chi connectivity index (χ3n) is 5.91. The number of likely N-dealkylation sites (tertiary alicyclic amines) is 2. The third-order valence-corrected chi connectivity index (χ3v) is 5.91. The summed E-state index contributed by atoms with van der Waals surface area (Å²) in [6, 6.07) is 7.40. The summed E-state index contributed by atoms with van der Waals surface area (Å²) in [5.74, 6) is -0.864. The largest absolute Gasteiger partial charge is 0.481 e. The van der Waals surface area contributed by atoms with E-state index in [9.17, 15) is 14.7 Å². The van der Waals surface area contributed by atoms with Crippen LogP contribution in [-0.2, 0) is 4.79 Å². The maximum atomic E-state index is 13.0. The van der Waals surface area contributed by atoms with Crippen LogP contribution in [0.5, 0.6) is 0 Å². The van der Waals surface area contributed by atoms with Gasteiger partial charge < -0.3 is 14.9 Å². The number of carboxylic acids is 1. The smallest absolute Gasteiger partial charge is 0.311 e. The predicted molar refractivity (Wildman–Crippen MR) is 92.3 cm³/mol. The number of hydrogen-bond donors (Lipinski definition) is 2. The first-order chi connectivity index (χ1) is 12.0. The number of nitrogens with zero attached hydrogens (tertiary/aromatic N) is 3. The van der Waals surface area contributed by atoms with E-state index in [2.05, 4.69) is 15.1 Å². The average Bonchev–Trinajstić information content (AvgIpc) is 3.05. The standard InChI is InChI=1S/C18H22N4O3/c1-21-9-4-7-18(17(24)25)8-10-22(11-14(18)21)16(23)15-12-5-2-3-6-13(12)19-20-15/h2-3,5-6,14H,4,7-11H2,1H3,(H,19,20)(H,24,25)/t14-,18+/m1/s1. The number of amides is 1. The van der Waals surface area contributed by atoms with Crippen molar-refractivity contribution in [2.45, 2.75) is 25.3 Å². The van der Waals surface area contributed by atoms with Gasteiger partial charge in [0.2, 0.25) is 0 Å². The van der Waals surface area contributed by atoms with Crippen LogP contribution < -0.4 is 0 Å². The molecule has 132 valence electrons. The van der Waals surface area contributed by atoms with E-state index in [4.69, 9.17) is 0 Å². The molecule has 4 rings (SSSR count). The number of nitrogens with one attached hydrogen (secondary N) is 1. The molecule has 7 heteroatoms. The zero-order valence-electron chi connectivity index (χ0n) is 14.2. The summed E-state index contributed by atoms with van der Waals surface area (Å²) < 4.78 is 0. The summed E-state index contributed by atoms with van der Waals surface area (Å²) in [5, 5.41) is 17.7. The van der Waals surface area contributed by atoms with Crippen molar-refractivity contribution in [1.82, 2.24) is 20.0 Å². The molecule has 2 N–H and O–H groups in total. The Balaban J connectivity index is 1.63. The number of piperidine rings is 2. The molecule has 0 radical (unpaired) electrons. The van der Waals surface area contributed by atoms with Crippen LogP contribution in [0.4, 0.5) is 0 Å². The molecule has 25 heavy (non-hydrogen) atoms. The first-order valence-corrected chi connectivity index (χ1v) is 8.69. The molecule has 2 atom stereocenters. The van der Waals surface area contributed by atoms with E-state index in [0.717, 1.165) is 23.9 Å². The Morgan fingerprint density at radius 3 is 2.88 bits per heavy atom. The van der Waals surface area contributed by atoms with Crippen LogP contribution in [-0.4, -0.2) is 69.7 Å². The molecule has 1 aromatic carbocycles. The van der Waals surface area contributed by atoms with Gasteiger partial charge in [-0.1, -0.05) is 18.2 Å². The average molecular weight is 342 g/mol. The lowest BCUT2D eigenvalue weighted by Crippen LogP contribution is -2.63. The van der Waals surface area contributed by atoms with Crippen LogP contribution in [0, 0.1) is 5.41 Å². The highest BCUT2D eigenvalue weighted by atomic mass is 16.4. The van der Waals surface area contributed by atoms with E-state index < -0.39 is 11.4 Å². The van der Waals surface area contributed by atoms with Crippen molar-refractivity contribution >= 4 is 22.8 Å². The van der Waals surface area contributed by atoms with Crippen LogP contribution in [0.1, 0.15) is 29.8 Å². The molecule has 2 aliphatic rings. The number of rotatable bonds is 2. The van der Waals surface area contributed by atoms with Crippen LogP contribution in [0.15, 0.2) is 24.3 Å². The molecule has 2 fully saturated rings. The van der Waals surface area contributed by atoms with Gasteiger partial charge in [-0.05, 0) is 38.9 Å². The summed E-state index contributed by atoms with van der Waals surface area (Å²) >= 11 is 0. The van der Waals surface area contributed by atoms with Crippen molar-refractivity contribution in [2.75, 3.05) is 26.7 Å². The second kappa shape index (κ2) is 5.84. The fourth-order valence-electron chi connectivity index (χ4n) is 4.45.